The van der Waals surface area contributed by atoms with Crippen LogP contribution in [0, 0.1) is 0 Å². The van der Waals surface area contributed by atoms with Crippen molar-refractivity contribution < 1.29 is 23.1 Å². The van der Waals surface area contributed by atoms with E-state index >= 15 is 0 Å². The van der Waals surface area contributed by atoms with E-state index in [0.29, 0.717) is 0 Å². The molecule has 0 aliphatic carbocycles. The van der Waals surface area contributed by atoms with Gasteiger partial charge in [-0.3, -0.25) is 4.79 Å². The van der Waals surface area contributed by atoms with Gasteiger partial charge in [-0.1, -0.05) is 0 Å². The van der Waals surface area contributed by atoms with E-state index in [1.807, 2.05) is 0 Å². The third-order valence-electron chi connectivity index (χ3n) is 3.66. The number of sulfone groups is 1. The van der Waals surface area contributed by atoms with E-state index in [-0.39, 0.29) is 28.3 Å². The van der Waals surface area contributed by atoms with E-state index in [2.05, 4.69) is 14.9 Å². The maximum absolute atomic E-state index is 11.8. The summed E-state index contributed by atoms with van der Waals surface area (Å²) in [6.07, 6.45) is 1.60. The normalized spacial score (nSPS) is 23.7. The molecule has 0 aromatic rings. The Bertz CT molecular complexity index is 867. The van der Waals surface area contributed by atoms with Crippen molar-refractivity contribution >= 4 is 15.8 Å². The Morgan fingerprint density at radius 3 is 2.77 bits per heavy atom. The molecule has 0 saturated carbocycles. The summed E-state index contributed by atoms with van der Waals surface area (Å²) in [6, 6.07) is -0.771. The topological polar surface area (TPSA) is 131 Å². The second kappa shape index (κ2) is 4.92. The zero-order valence-corrected chi connectivity index (χ0v) is 12.3. The number of carbonyl (C=O) groups is 1. The van der Waals surface area contributed by atoms with Crippen LogP contribution in [-0.2, 0) is 14.6 Å². The molecule has 0 spiro atoms. The number of rotatable bonds is 2. The minimum Gasteiger partial charge on any atom is -0.465 e. The number of methoxy groups -OCH3 is 1. The monoisotopic (exact) mass is 327 g/mol. The van der Waals surface area contributed by atoms with Crippen LogP contribution in [0.15, 0.2) is 17.2 Å². The molecule has 0 amide bonds. The minimum atomic E-state index is -3.37. The average Bonchev–Trinajstić information content (AvgIpc) is 2.97. The highest BCUT2D eigenvalue weighted by Gasteiger charge is 2.38. The molecule has 1 fully saturated rings. The fourth-order valence-electron chi connectivity index (χ4n) is 2.60. The van der Waals surface area contributed by atoms with E-state index in [1.165, 1.54) is 24.1 Å². The van der Waals surface area contributed by atoms with Crippen LogP contribution in [0.25, 0.3) is 11.3 Å². The zero-order valence-electron chi connectivity index (χ0n) is 11.5. The summed E-state index contributed by atoms with van der Waals surface area (Å²) in [4.78, 5) is 23.6. The smallest absolute Gasteiger partial charge is 0.341 e. The van der Waals surface area contributed by atoms with Gasteiger partial charge in [0.05, 0.1) is 36.3 Å². The number of carbonyl (C=O) groups excluding carboxylic acids is 1. The quantitative estimate of drug-likeness (QED) is 0.662. The van der Waals surface area contributed by atoms with Gasteiger partial charge < -0.3 is 14.4 Å². The number of pyridine rings is 1. The number of ether oxygens (including phenoxy) is 1. The zero-order chi connectivity index (χ0) is 16.1. The number of hydrogen-bond donors (Lipinski definition) is 2. The number of H-pyrrole nitrogens is 1. The van der Waals surface area contributed by atoms with Crippen LogP contribution in [0.3, 0.4) is 0 Å². The molecule has 0 aromatic heterocycles. The largest absolute Gasteiger partial charge is 0.465 e. The van der Waals surface area contributed by atoms with Crippen LogP contribution in [-0.4, -0.2) is 59.0 Å². The molecule has 3 aliphatic heterocycles. The van der Waals surface area contributed by atoms with Crippen LogP contribution < -0.4 is 5.56 Å². The van der Waals surface area contributed by atoms with Gasteiger partial charge >= 0.3 is 5.97 Å². The number of hydrogen-bond acceptors (Lipinski definition) is 7. The Morgan fingerprint density at radius 1 is 1.45 bits per heavy atom. The molecular formula is C12H13N3O6S. The van der Waals surface area contributed by atoms with Crippen LogP contribution >= 0.6 is 0 Å². The SMILES string of the molecule is COC(=O)c1cn([C@@H]2CS(=O)(=O)C[C@@H]2O)cc2c(=O)[nH]nc1-2. The van der Waals surface area contributed by atoms with E-state index in [1.54, 1.807) is 0 Å². The number of aliphatic hydroxyl groups excluding tert-OH is 1. The van der Waals surface area contributed by atoms with Crippen molar-refractivity contribution in [2.75, 3.05) is 18.6 Å². The van der Waals surface area contributed by atoms with Crippen molar-refractivity contribution in [3.05, 3.63) is 28.3 Å². The molecule has 1 saturated heterocycles. The van der Waals surface area contributed by atoms with Gasteiger partial charge in [0, 0.05) is 12.4 Å². The van der Waals surface area contributed by atoms with Gasteiger partial charge in [-0.05, 0) is 0 Å². The van der Waals surface area contributed by atoms with E-state index in [9.17, 15) is 23.1 Å². The van der Waals surface area contributed by atoms with Crippen molar-refractivity contribution in [1.82, 2.24) is 14.8 Å². The number of aromatic amines is 1. The van der Waals surface area contributed by atoms with Gasteiger partial charge in [0.25, 0.3) is 5.56 Å². The fraction of sp³-hybridized carbons (Fsp3) is 0.417. The number of esters is 1. The van der Waals surface area contributed by atoms with Crippen LogP contribution in [0.2, 0.25) is 0 Å². The number of fused-ring (bicyclic) bond motifs is 1. The molecule has 3 rings (SSSR count). The summed E-state index contributed by atoms with van der Waals surface area (Å²) in [5.74, 6) is -1.33. The molecule has 22 heavy (non-hydrogen) atoms. The lowest BCUT2D eigenvalue weighted by Gasteiger charge is -2.19. The van der Waals surface area contributed by atoms with Gasteiger partial charge in [0.1, 0.15) is 11.3 Å². The number of nitrogens with one attached hydrogen (secondary N) is 1. The van der Waals surface area contributed by atoms with Crippen molar-refractivity contribution in [2.24, 2.45) is 0 Å². The lowest BCUT2D eigenvalue weighted by molar-refractivity contribution is 0.0599. The predicted octanol–water partition coefficient (Wildman–Crippen LogP) is -1.21. The van der Waals surface area contributed by atoms with Gasteiger partial charge in [-0.25, -0.2) is 18.3 Å². The summed E-state index contributed by atoms with van der Waals surface area (Å²) in [6.45, 7) is 0. The third-order valence-corrected chi connectivity index (χ3v) is 5.36. The summed E-state index contributed by atoms with van der Waals surface area (Å²) < 4.78 is 29.3. The maximum Gasteiger partial charge on any atom is 0.341 e. The van der Waals surface area contributed by atoms with Crippen molar-refractivity contribution in [1.29, 1.82) is 0 Å². The molecule has 118 valence electrons. The molecule has 10 heteroatoms. The first-order valence-electron chi connectivity index (χ1n) is 6.39. The van der Waals surface area contributed by atoms with E-state index in [4.69, 9.17) is 0 Å². The van der Waals surface area contributed by atoms with Gasteiger partial charge in [0.2, 0.25) is 0 Å². The molecule has 0 radical (unpaired) electrons. The van der Waals surface area contributed by atoms with Crippen LogP contribution in [0.5, 0.6) is 0 Å². The molecule has 2 N–H and O–H groups in total. The fourth-order valence-corrected chi connectivity index (χ4v) is 4.40. The van der Waals surface area contributed by atoms with Crippen LogP contribution in [0.4, 0.5) is 0 Å². The first kappa shape index (κ1) is 14.7. The van der Waals surface area contributed by atoms with Gasteiger partial charge in [-0.2, -0.15) is 5.10 Å². The summed E-state index contributed by atoms with van der Waals surface area (Å²) >= 11 is 0. The van der Waals surface area contributed by atoms with Gasteiger partial charge in [-0.15, -0.1) is 0 Å². The predicted molar refractivity (Wildman–Crippen MR) is 74.5 cm³/mol. The Labute approximate surface area is 124 Å². The summed E-state index contributed by atoms with van der Waals surface area (Å²) in [5.41, 5.74) is -0.220. The lowest BCUT2D eigenvalue weighted by Crippen LogP contribution is -2.24. The highest BCUT2D eigenvalue weighted by Crippen LogP contribution is 2.28. The van der Waals surface area contributed by atoms with Crippen LogP contribution in [0.1, 0.15) is 16.4 Å². The minimum absolute atomic E-state index is 0.0230. The molecule has 9 nitrogen and oxygen atoms in total. The molecule has 0 aromatic carbocycles. The lowest BCUT2D eigenvalue weighted by atomic mass is 10.1. The highest BCUT2D eigenvalue weighted by atomic mass is 32.2. The molecular weight excluding hydrogens is 314 g/mol. The van der Waals surface area contributed by atoms with E-state index in [0.717, 1.165) is 0 Å². The third kappa shape index (κ3) is 2.29. The summed E-state index contributed by atoms with van der Waals surface area (Å²) in [5, 5.41) is 15.9. The average molecular weight is 327 g/mol. The second-order valence-corrected chi connectivity index (χ2v) is 7.29. The highest BCUT2D eigenvalue weighted by molar-refractivity contribution is 7.91. The number of aromatic nitrogens is 3. The molecule has 0 unspecified atom stereocenters. The van der Waals surface area contributed by atoms with E-state index < -0.39 is 33.5 Å². The molecule has 3 heterocycles. The Balaban J connectivity index is 2.18. The number of aliphatic hydroxyl groups is 1. The first-order valence-corrected chi connectivity index (χ1v) is 8.21. The molecule has 0 bridgehead atoms. The molecule has 3 aliphatic rings. The van der Waals surface area contributed by atoms with Crippen molar-refractivity contribution in [3.8, 4) is 11.3 Å². The number of nitrogens with zero attached hydrogens (tertiary/aromatic N) is 2. The standard InChI is InChI=1S/C12H13N3O6S/c1-21-12(18)7-3-15(2-6-10(7)13-14-11(6)17)8-4-22(19,20)5-9(8)16/h2-3,8-9,16H,4-5H2,1H3,(H,14,17)/t8-,9+/m1/s1. The summed E-state index contributed by atoms with van der Waals surface area (Å²) in [7, 11) is -2.18. The van der Waals surface area contributed by atoms with Gasteiger partial charge in [0.15, 0.2) is 9.84 Å². The van der Waals surface area contributed by atoms with Crippen molar-refractivity contribution in [3.63, 3.8) is 0 Å². The van der Waals surface area contributed by atoms with Crippen molar-refractivity contribution in [2.45, 2.75) is 12.1 Å². The molecule has 2 atom stereocenters. The Kier molecular flexibility index (Phi) is 3.29. The maximum atomic E-state index is 11.8. The second-order valence-electron chi connectivity index (χ2n) is 5.14. The Morgan fingerprint density at radius 2 is 2.18 bits per heavy atom. The first-order chi connectivity index (χ1) is 10.3. The Hall–Kier alpha value is -2.20.